The second-order valence-corrected chi connectivity index (χ2v) is 10.7. The predicted molar refractivity (Wildman–Crippen MR) is 127 cm³/mol. The number of sulfonamides is 1. The summed E-state index contributed by atoms with van der Waals surface area (Å²) in [6.45, 7) is 4.21. The number of nitrogens with zero attached hydrogens (tertiary/aromatic N) is 3. The Morgan fingerprint density at radius 1 is 1.12 bits per heavy atom. The van der Waals surface area contributed by atoms with E-state index in [2.05, 4.69) is 10.3 Å². The number of benzene rings is 2. The molecule has 1 aliphatic rings. The van der Waals surface area contributed by atoms with Crippen molar-refractivity contribution >= 4 is 38.1 Å². The Labute approximate surface area is 200 Å². The number of aromatic nitrogens is 1. The lowest BCUT2D eigenvalue weighted by molar-refractivity contribution is -0.384. The van der Waals surface area contributed by atoms with Crippen molar-refractivity contribution in [2.24, 2.45) is 0 Å². The lowest BCUT2D eigenvalue weighted by Gasteiger charge is -2.34. The lowest BCUT2D eigenvalue weighted by Crippen LogP contribution is -2.48. The summed E-state index contributed by atoms with van der Waals surface area (Å²) in [5.41, 5.74) is 1.53. The van der Waals surface area contributed by atoms with Gasteiger partial charge in [-0.2, -0.15) is 4.31 Å². The number of ether oxygens (including phenoxy) is 1. The van der Waals surface area contributed by atoms with Crippen LogP contribution in [0, 0.1) is 10.1 Å². The van der Waals surface area contributed by atoms with E-state index in [1.807, 2.05) is 13.8 Å². The molecule has 0 radical (unpaired) electrons. The molecule has 2 atom stereocenters. The fraction of sp³-hybridized carbons (Fsp3) is 0.273. The van der Waals surface area contributed by atoms with E-state index in [0.717, 1.165) is 0 Å². The molecule has 1 fully saturated rings. The molecule has 2 heterocycles. The van der Waals surface area contributed by atoms with Gasteiger partial charge in [-0.1, -0.05) is 0 Å². The number of anilines is 1. The minimum absolute atomic E-state index is 0.0180. The highest BCUT2D eigenvalue weighted by Crippen LogP contribution is 2.27. The average molecular weight is 503 g/mol. The molecule has 1 aliphatic heterocycles. The monoisotopic (exact) mass is 502 g/mol. The van der Waals surface area contributed by atoms with E-state index in [1.165, 1.54) is 52.0 Å². The molecule has 1 N–H and O–H groups in total. The van der Waals surface area contributed by atoms with E-state index >= 15 is 0 Å². The Morgan fingerprint density at radius 3 is 2.32 bits per heavy atom. The van der Waals surface area contributed by atoms with E-state index in [1.54, 1.807) is 17.5 Å². The van der Waals surface area contributed by atoms with Crippen LogP contribution in [-0.4, -0.2) is 53.8 Å². The van der Waals surface area contributed by atoms with Gasteiger partial charge in [0.25, 0.3) is 11.6 Å². The van der Waals surface area contributed by atoms with Gasteiger partial charge in [0, 0.05) is 41.7 Å². The van der Waals surface area contributed by atoms with E-state index in [4.69, 9.17) is 4.74 Å². The zero-order valence-corrected chi connectivity index (χ0v) is 20.0. The molecule has 1 amide bonds. The Balaban J connectivity index is 1.44. The van der Waals surface area contributed by atoms with Crippen molar-refractivity contribution in [3.05, 3.63) is 69.6 Å². The van der Waals surface area contributed by atoms with Crippen LogP contribution in [0.25, 0.3) is 11.3 Å². The number of carbonyl (C=O) groups is 1. The predicted octanol–water partition coefficient (Wildman–Crippen LogP) is 3.77. The van der Waals surface area contributed by atoms with Gasteiger partial charge < -0.3 is 4.74 Å². The summed E-state index contributed by atoms with van der Waals surface area (Å²) in [6, 6.07) is 11.7. The number of carbonyl (C=O) groups excluding carboxylic acids is 1. The van der Waals surface area contributed by atoms with Crippen molar-refractivity contribution in [1.29, 1.82) is 0 Å². The maximum Gasteiger partial charge on any atom is 0.269 e. The van der Waals surface area contributed by atoms with Crippen LogP contribution in [-0.2, 0) is 14.8 Å². The van der Waals surface area contributed by atoms with Crippen LogP contribution in [0.15, 0.2) is 58.8 Å². The van der Waals surface area contributed by atoms with Gasteiger partial charge >= 0.3 is 0 Å². The number of hydrogen-bond acceptors (Lipinski definition) is 8. The molecule has 178 valence electrons. The summed E-state index contributed by atoms with van der Waals surface area (Å²) >= 11 is 1.21. The second-order valence-electron chi connectivity index (χ2n) is 7.90. The second kappa shape index (κ2) is 9.58. The summed E-state index contributed by atoms with van der Waals surface area (Å²) in [7, 11) is -3.70. The molecule has 2 aromatic carbocycles. The zero-order chi connectivity index (χ0) is 24.5. The van der Waals surface area contributed by atoms with Gasteiger partial charge in [-0.25, -0.2) is 13.4 Å². The smallest absolute Gasteiger partial charge is 0.269 e. The summed E-state index contributed by atoms with van der Waals surface area (Å²) in [6.07, 6.45) is -0.393. The van der Waals surface area contributed by atoms with Crippen LogP contribution in [0.3, 0.4) is 0 Å². The molecule has 0 bridgehead atoms. The number of hydrogen-bond donors (Lipinski definition) is 1. The van der Waals surface area contributed by atoms with Gasteiger partial charge in [0.15, 0.2) is 5.13 Å². The summed E-state index contributed by atoms with van der Waals surface area (Å²) in [5, 5.41) is 15.6. The Hall–Kier alpha value is -3.19. The zero-order valence-electron chi connectivity index (χ0n) is 18.4. The van der Waals surface area contributed by atoms with Crippen molar-refractivity contribution in [2.45, 2.75) is 31.0 Å². The van der Waals surface area contributed by atoms with Crippen LogP contribution >= 0.6 is 11.3 Å². The molecule has 0 spiro atoms. The first-order valence-corrected chi connectivity index (χ1v) is 12.7. The molecular weight excluding hydrogens is 480 g/mol. The van der Waals surface area contributed by atoms with Gasteiger partial charge in [0.1, 0.15) is 0 Å². The molecule has 34 heavy (non-hydrogen) atoms. The standard InChI is InChI=1S/C22H22N4O6S2/c1-14-11-25(12-15(2)32-14)34(30,31)19-9-5-17(6-10-19)21(27)24-22-23-20(13-33-22)16-3-7-18(8-4-16)26(28)29/h3-10,13-15H,11-12H2,1-2H3,(H,23,24,27). The molecule has 10 nitrogen and oxygen atoms in total. The van der Waals surface area contributed by atoms with E-state index in [-0.39, 0.29) is 41.4 Å². The fourth-order valence-corrected chi connectivity index (χ4v) is 5.95. The Bertz CT molecular complexity index is 1300. The van der Waals surface area contributed by atoms with Crippen molar-refractivity contribution in [3.8, 4) is 11.3 Å². The van der Waals surface area contributed by atoms with Gasteiger partial charge in [-0.05, 0) is 50.2 Å². The van der Waals surface area contributed by atoms with Crippen molar-refractivity contribution < 1.29 is 22.9 Å². The van der Waals surface area contributed by atoms with Gasteiger partial charge in [0.2, 0.25) is 10.0 Å². The minimum Gasteiger partial charge on any atom is -0.373 e. The molecule has 2 unspecified atom stereocenters. The highest BCUT2D eigenvalue weighted by molar-refractivity contribution is 7.89. The van der Waals surface area contributed by atoms with Crippen LogP contribution < -0.4 is 5.32 Å². The molecule has 12 heteroatoms. The Morgan fingerprint density at radius 2 is 1.74 bits per heavy atom. The third-order valence-corrected chi connectivity index (χ3v) is 7.84. The molecule has 1 saturated heterocycles. The number of non-ortho nitro benzene ring substituents is 1. The quantitative estimate of drug-likeness (QED) is 0.401. The summed E-state index contributed by atoms with van der Waals surface area (Å²) in [5.74, 6) is -0.429. The first-order chi connectivity index (χ1) is 16.1. The van der Waals surface area contributed by atoms with Gasteiger partial charge in [-0.3, -0.25) is 20.2 Å². The molecule has 0 saturated carbocycles. The third kappa shape index (κ3) is 5.14. The average Bonchev–Trinajstić information content (AvgIpc) is 3.27. The molecule has 1 aromatic heterocycles. The van der Waals surface area contributed by atoms with E-state index in [9.17, 15) is 23.3 Å². The SMILES string of the molecule is CC1CN(S(=O)(=O)c2ccc(C(=O)Nc3nc(-c4ccc([N+](=O)[O-])cc4)cs3)cc2)CC(C)O1. The van der Waals surface area contributed by atoms with E-state index < -0.39 is 20.9 Å². The van der Waals surface area contributed by atoms with Gasteiger partial charge in [-0.15, -0.1) is 11.3 Å². The summed E-state index contributed by atoms with van der Waals surface area (Å²) < 4.78 is 32.9. The number of nitro benzene ring substituents is 1. The maximum absolute atomic E-state index is 13.0. The Kier molecular flexibility index (Phi) is 6.75. The number of thiazole rings is 1. The van der Waals surface area contributed by atoms with Crippen LogP contribution in [0.4, 0.5) is 10.8 Å². The summed E-state index contributed by atoms with van der Waals surface area (Å²) in [4.78, 5) is 27.4. The highest BCUT2D eigenvalue weighted by Gasteiger charge is 2.32. The number of amides is 1. The highest BCUT2D eigenvalue weighted by atomic mass is 32.2. The number of nitro groups is 1. The van der Waals surface area contributed by atoms with Gasteiger partial charge in [0.05, 0.1) is 27.7 Å². The van der Waals surface area contributed by atoms with Crippen LogP contribution in [0.5, 0.6) is 0 Å². The number of morpholine rings is 1. The maximum atomic E-state index is 13.0. The molecular formula is C22H22N4O6S2. The fourth-order valence-electron chi connectivity index (χ4n) is 3.64. The molecule has 4 rings (SSSR count). The van der Waals surface area contributed by atoms with Crippen LogP contribution in [0.1, 0.15) is 24.2 Å². The lowest BCUT2D eigenvalue weighted by atomic mass is 10.1. The number of nitrogens with one attached hydrogen (secondary N) is 1. The minimum atomic E-state index is -3.70. The molecule has 3 aromatic rings. The molecule has 0 aliphatic carbocycles. The first kappa shape index (κ1) is 24.0. The van der Waals surface area contributed by atoms with Crippen molar-refractivity contribution in [2.75, 3.05) is 18.4 Å². The van der Waals surface area contributed by atoms with Crippen molar-refractivity contribution in [3.63, 3.8) is 0 Å². The topological polar surface area (TPSA) is 132 Å². The first-order valence-electron chi connectivity index (χ1n) is 10.4. The third-order valence-electron chi connectivity index (χ3n) is 5.24. The normalized spacial score (nSPS) is 19.0. The largest absolute Gasteiger partial charge is 0.373 e. The van der Waals surface area contributed by atoms with Crippen molar-refractivity contribution in [1.82, 2.24) is 9.29 Å². The van der Waals surface area contributed by atoms with Crippen LogP contribution in [0.2, 0.25) is 0 Å². The van der Waals surface area contributed by atoms with E-state index in [0.29, 0.717) is 16.4 Å². The number of rotatable bonds is 6.